The number of ether oxygens (including phenoxy) is 1. The van der Waals surface area contributed by atoms with Crippen molar-refractivity contribution >= 4 is 23.6 Å². The lowest BCUT2D eigenvalue weighted by Crippen LogP contribution is -2.55. The van der Waals surface area contributed by atoms with E-state index < -0.39 is 29.3 Å². The van der Waals surface area contributed by atoms with Crippen LogP contribution in [0.3, 0.4) is 0 Å². The van der Waals surface area contributed by atoms with Crippen LogP contribution in [0, 0.1) is 0 Å². The van der Waals surface area contributed by atoms with Gasteiger partial charge in [0.15, 0.2) is 0 Å². The summed E-state index contributed by atoms with van der Waals surface area (Å²) in [5.41, 5.74) is -1.32. The minimum atomic E-state index is -1.93. The van der Waals surface area contributed by atoms with Gasteiger partial charge in [0.25, 0.3) is 0 Å². The van der Waals surface area contributed by atoms with E-state index in [0.717, 1.165) is 25.0 Å². The molecule has 0 aromatic rings. The Morgan fingerprint density at radius 2 is 2.15 bits per heavy atom. The lowest BCUT2D eigenvalue weighted by molar-refractivity contribution is -0.134. The number of aliphatic hydroxyl groups excluding tert-OH is 2. The smallest absolute Gasteiger partial charge is 0.242 e. The van der Waals surface area contributed by atoms with Crippen molar-refractivity contribution in [3.8, 4) is 0 Å². The van der Waals surface area contributed by atoms with Gasteiger partial charge in [0.1, 0.15) is 16.7 Å². The Morgan fingerprint density at radius 1 is 1.44 bits per heavy atom. The number of nitrogens with one attached hydrogen (secondary N) is 1. The highest BCUT2D eigenvalue weighted by Crippen LogP contribution is 2.36. The van der Waals surface area contributed by atoms with Gasteiger partial charge in [-0.2, -0.15) is 0 Å². The fourth-order valence-corrected chi connectivity index (χ4v) is 5.94. The second kappa shape index (κ2) is 13.5. The molecule has 1 amide bonds. The molecule has 1 aliphatic carbocycles. The molecular weight excluding hydrogens is 525 g/mol. The highest BCUT2D eigenvalue weighted by Gasteiger charge is 2.41. The van der Waals surface area contributed by atoms with Crippen LogP contribution in [-0.4, -0.2) is 117 Å². The van der Waals surface area contributed by atoms with Crippen molar-refractivity contribution < 1.29 is 28.3 Å². The van der Waals surface area contributed by atoms with Gasteiger partial charge in [0.05, 0.1) is 56.0 Å². The number of aliphatic hydroxyl groups is 2. The van der Waals surface area contributed by atoms with E-state index in [1.165, 1.54) is 11.8 Å². The maximum absolute atomic E-state index is 14.6. The van der Waals surface area contributed by atoms with Crippen LogP contribution in [0.1, 0.15) is 47.0 Å². The van der Waals surface area contributed by atoms with Crippen molar-refractivity contribution in [2.24, 2.45) is 4.99 Å². The molecule has 3 rings (SSSR count). The second-order valence-electron chi connectivity index (χ2n) is 11.0. The molecule has 1 saturated heterocycles. The Bertz CT molecular complexity index is 999. The molecule has 0 aromatic heterocycles. The number of allylic oxidation sites excluding steroid dienone is 1. The predicted molar refractivity (Wildman–Crippen MR) is 151 cm³/mol. The van der Waals surface area contributed by atoms with Gasteiger partial charge in [-0.15, -0.1) is 0 Å². The molecule has 220 valence electrons. The van der Waals surface area contributed by atoms with E-state index in [2.05, 4.69) is 28.3 Å². The molecule has 5 atom stereocenters. The van der Waals surface area contributed by atoms with Crippen molar-refractivity contribution in [3.05, 3.63) is 35.2 Å². The number of rotatable bonds is 14. The first-order chi connectivity index (χ1) is 18.5. The molecule has 0 bridgehead atoms. The minimum absolute atomic E-state index is 0.00910. The standard InChI is InChI=1S/C27H44FN5O5S/c1-6-20-17-38-21(16-34)13-33(20)24-12-22(39(37)30-27(4)9-10-27)14-32(23(24)8-11-29-5)15-25(36)31(7-2)18-26(3,28)19-35/h8,11-12,14,20-21,23,30,34-35H,5-7,9-10,13,15-19H2,1-4H3/t20?,21?,23?,26-,39?/m0/s1. The number of morpholine rings is 1. The van der Waals surface area contributed by atoms with Gasteiger partial charge >= 0.3 is 0 Å². The van der Waals surface area contributed by atoms with E-state index in [0.29, 0.717) is 18.1 Å². The summed E-state index contributed by atoms with van der Waals surface area (Å²) >= 11 is 0. The first-order valence-corrected chi connectivity index (χ1v) is 14.7. The molecule has 0 spiro atoms. The Balaban J connectivity index is 2.01. The van der Waals surface area contributed by atoms with E-state index in [-0.39, 0.29) is 49.8 Å². The molecule has 1 saturated carbocycles. The second-order valence-corrected chi connectivity index (χ2v) is 12.2. The molecule has 3 aliphatic rings. The van der Waals surface area contributed by atoms with Crippen molar-refractivity contribution in [2.75, 3.05) is 46.0 Å². The molecule has 39 heavy (non-hydrogen) atoms. The number of alkyl halides is 1. The number of hydrogen-bond acceptors (Lipinski definition) is 8. The first-order valence-electron chi connectivity index (χ1n) is 13.6. The molecule has 3 N–H and O–H groups in total. The highest BCUT2D eigenvalue weighted by molar-refractivity contribution is 7.87. The van der Waals surface area contributed by atoms with Crippen LogP contribution in [0.5, 0.6) is 0 Å². The molecule has 12 heteroatoms. The Labute approximate surface area is 233 Å². The monoisotopic (exact) mass is 569 g/mol. The van der Waals surface area contributed by atoms with Crippen LogP contribution >= 0.6 is 0 Å². The molecule has 4 unspecified atom stereocenters. The van der Waals surface area contributed by atoms with E-state index in [1.54, 1.807) is 24.2 Å². The van der Waals surface area contributed by atoms with Crippen molar-refractivity contribution in [2.45, 2.75) is 76.4 Å². The van der Waals surface area contributed by atoms with Gasteiger partial charge in [0.2, 0.25) is 5.91 Å². The van der Waals surface area contributed by atoms with Gasteiger partial charge in [-0.1, -0.05) is 6.92 Å². The van der Waals surface area contributed by atoms with Crippen LogP contribution in [0.2, 0.25) is 0 Å². The Hall–Kier alpha value is -2.12. The SMILES string of the molecule is C=NC=CC1C(N2CC(CO)OCC2CC)=CC(S(=O)NC2(C)CC2)=CN1CC(=O)N(CC)C[C@](C)(F)CO. The van der Waals surface area contributed by atoms with Crippen LogP contribution in [0.25, 0.3) is 0 Å². The molecular formula is C27H44FN5O5S. The Morgan fingerprint density at radius 3 is 2.72 bits per heavy atom. The lowest BCUT2D eigenvalue weighted by atomic mass is 10.0. The van der Waals surface area contributed by atoms with Gasteiger partial charge in [-0.05, 0) is 58.9 Å². The van der Waals surface area contributed by atoms with Crippen molar-refractivity contribution in [1.29, 1.82) is 0 Å². The largest absolute Gasteiger partial charge is 0.394 e. The quantitative estimate of drug-likeness (QED) is 0.271. The summed E-state index contributed by atoms with van der Waals surface area (Å²) in [6, 6.07) is -0.452. The number of aliphatic imine (C=N–C) groups is 1. The number of carbonyl (C=O) groups excluding carboxylic acids is 1. The van der Waals surface area contributed by atoms with Gasteiger partial charge in [0, 0.05) is 36.7 Å². The zero-order valence-corrected chi connectivity index (χ0v) is 24.3. The average Bonchev–Trinajstić information content (AvgIpc) is 3.66. The Kier molecular flexibility index (Phi) is 10.9. The van der Waals surface area contributed by atoms with Gasteiger partial charge in [-0.25, -0.2) is 13.3 Å². The molecule has 2 heterocycles. The summed E-state index contributed by atoms with van der Waals surface area (Å²) in [6.45, 7) is 10.6. The first kappa shape index (κ1) is 31.4. The third kappa shape index (κ3) is 8.20. The predicted octanol–water partition coefficient (Wildman–Crippen LogP) is 1.46. The average molecular weight is 570 g/mol. The minimum Gasteiger partial charge on any atom is -0.394 e. The van der Waals surface area contributed by atoms with Gasteiger partial charge < -0.3 is 29.6 Å². The normalized spacial score (nSPS) is 27.0. The van der Waals surface area contributed by atoms with Crippen LogP contribution in [0.15, 0.2) is 40.1 Å². The van der Waals surface area contributed by atoms with Crippen molar-refractivity contribution in [1.82, 2.24) is 19.4 Å². The summed E-state index contributed by atoms with van der Waals surface area (Å²) < 4.78 is 37.1. The number of carbonyl (C=O) groups is 1. The number of amides is 1. The summed E-state index contributed by atoms with van der Waals surface area (Å²) in [4.78, 5) is 23.2. The lowest BCUT2D eigenvalue weighted by Gasteiger charge is -2.46. The van der Waals surface area contributed by atoms with E-state index in [1.807, 2.05) is 19.1 Å². The molecule has 0 aromatic carbocycles. The van der Waals surface area contributed by atoms with Gasteiger partial charge in [-0.3, -0.25) is 9.79 Å². The topological polar surface area (TPSA) is 118 Å². The third-order valence-corrected chi connectivity index (χ3v) is 8.77. The maximum Gasteiger partial charge on any atom is 0.242 e. The molecule has 0 radical (unpaired) electrons. The molecule has 10 nitrogen and oxygen atoms in total. The van der Waals surface area contributed by atoms with Crippen molar-refractivity contribution in [3.63, 3.8) is 0 Å². The van der Waals surface area contributed by atoms with Crippen LogP contribution < -0.4 is 4.72 Å². The summed E-state index contributed by atoms with van der Waals surface area (Å²) in [5, 5.41) is 19.2. The third-order valence-electron chi connectivity index (χ3n) is 7.44. The van der Waals surface area contributed by atoms with Crippen LogP contribution in [-0.2, 0) is 20.5 Å². The number of halogens is 1. The van der Waals surface area contributed by atoms with Crippen LogP contribution in [0.4, 0.5) is 4.39 Å². The summed E-state index contributed by atoms with van der Waals surface area (Å²) in [6.07, 6.45) is 9.23. The molecule has 2 aliphatic heterocycles. The fourth-order valence-electron chi connectivity index (χ4n) is 4.71. The zero-order valence-electron chi connectivity index (χ0n) is 23.5. The highest BCUT2D eigenvalue weighted by atomic mass is 32.2. The van der Waals surface area contributed by atoms with E-state index in [4.69, 9.17) is 4.74 Å². The summed E-state index contributed by atoms with van der Waals surface area (Å²) in [7, 11) is -1.54. The molecule has 2 fully saturated rings. The zero-order chi connectivity index (χ0) is 28.8. The fraction of sp³-hybridized carbons (Fsp3) is 0.704. The maximum atomic E-state index is 14.6. The summed E-state index contributed by atoms with van der Waals surface area (Å²) in [5.74, 6) is -0.327. The number of hydrogen-bond donors (Lipinski definition) is 3. The number of likely N-dealkylation sites (N-methyl/N-ethyl adjacent to an activating group) is 1. The number of nitrogens with zero attached hydrogens (tertiary/aromatic N) is 4. The van der Waals surface area contributed by atoms with E-state index in [9.17, 15) is 23.6 Å². The van der Waals surface area contributed by atoms with E-state index >= 15 is 0 Å².